The van der Waals surface area contributed by atoms with Crippen molar-refractivity contribution >= 4 is 0 Å². The Balaban J connectivity index is 1.51. The van der Waals surface area contributed by atoms with Gasteiger partial charge in [-0.05, 0) is 58.7 Å². The molecule has 2 fully saturated rings. The molecule has 2 aliphatic heterocycles. The van der Waals surface area contributed by atoms with Crippen LogP contribution in [-0.2, 0) is 0 Å². The van der Waals surface area contributed by atoms with Crippen molar-refractivity contribution in [3.05, 3.63) is 0 Å². The van der Waals surface area contributed by atoms with E-state index in [2.05, 4.69) is 22.5 Å². The highest BCUT2D eigenvalue weighted by Gasteiger charge is 2.17. The monoisotopic (exact) mass is 225 g/mol. The largest absolute Gasteiger partial charge is 0.314 e. The van der Waals surface area contributed by atoms with Crippen LogP contribution in [0.15, 0.2) is 0 Å². The quantitative estimate of drug-likeness (QED) is 0.711. The van der Waals surface area contributed by atoms with E-state index in [-0.39, 0.29) is 0 Å². The fraction of sp³-hybridized carbons (Fsp3) is 1.00. The second kappa shape index (κ2) is 6.58. The van der Waals surface area contributed by atoms with Crippen molar-refractivity contribution in [3.63, 3.8) is 0 Å². The van der Waals surface area contributed by atoms with Gasteiger partial charge >= 0.3 is 0 Å². The van der Waals surface area contributed by atoms with Crippen LogP contribution >= 0.6 is 0 Å². The average Bonchev–Trinajstić information content (AvgIpc) is 2.90. The molecule has 2 N–H and O–H groups in total. The van der Waals surface area contributed by atoms with Crippen LogP contribution in [0.5, 0.6) is 0 Å². The summed E-state index contributed by atoms with van der Waals surface area (Å²) in [6.07, 6.45) is 6.84. The first-order chi connectivity index (χ1) is 7.84. The average molecular weight is 225 g/mol. The lowest BCUT2D eigenvalue weighted by Crippen LogP contribution is -2.38. The zero-order chi connectivity index (χ0) is 11.2. The number of likely N-dealkylation sites (tertiary alicyclic amines) is 1. The topological polar surface area (TPSA) is 27.3 Å². The maximum Gasteiger partial charge on any atom is 0.0107 e. The zero-order valence-electron chi connectivity index (χ0n) is 10.7. The van der Waals surface area contributed by atoms with Crippen LogP contribution < -0.4 is 10.6 Å². The summed E-state index contributed by atoms with van der Waals surface area (Å²) in [7, 11) is 0. The molecule has 2 rings (SSSR count). The number of hydrogen-bond donors (Lipinski definition) is 2. The van der Waals surface area contributed by atoms with Crippen LogP contribution in [0.4, 0.5) is 0 Å². The van der Waals surface area contributed by atoms with Gasteiger partial charge in [0.15, 0.2) is 0 Å². The van der Waals surface area contributed by atoms with E-state index in [1.54, 1.807) is 0 Å². The summed E-state index contributed by atoms with van der Waals surface area (Å²) in [5.41, 5.74) is 0. The summed E-state index contributed by atoms with van der Waals surface area (Å²) in [6, 6.07) is 1.44. The van der Waals surface area contributed by atoms with E-state index < -0.39 is 0 Å². The highest BCUT2D eigenvalue weighted by atomic mass is 15.2. The van der Waals surface area contributed by atoms with E-state index in [0.29, 0.717) is 6.04 Å². The minimum absolute atomic E-state index is 0.665. The van der Waals surface area contributed by atoms with Gasteiger partial charge in [0.2, 0.25) is 0 Å². The predicted molar refractivity (Wildman–Crippen MR) is 68.8 cm³/mol. The number of nitrogens with zero attached hydrogens (tertiary/aromatic N) is 1. The highest BCUT2D eigenvalue weighted by molar-refractivity contribution is 4.78. The Morgan fingerprint density at radius 1 is 1.31 bits per heavy atom. The fourth-order valence-electron chi connectivity index (χ4n) is 2.94. The van der Waals surface area contributed by atoms with Gasteiger partial charge in [0, 0.05) is 25.2 Å². The van der Waals surface area contributed by atoms with Crippen molar-refractivity contribution in [2.24, 2.45) is 0 Å². The van der Waals surface area contributed by atoms with Crippen molar-refractivity contribution in [2.45, 2.75) is 51.1 Å². The molecule has 0 saturated carbocycles. The molecule has 2 saturated heterocycles. The molecule has 0 amide bonds. The standard InChI is InChI=1S/C13H27N3/c1-12(11-13-5-4-6-15-13)14-7-10-16-8-2-3-9-16/h12-15H,2-11H2,1H3. The third-order valence-electron chi connectivity index (χ3n) is 3.92. The Bertz CT molecular complexity index is 184. The summed E-state index contributed by atoms with van der Waals surface area (Å²) in [6.45, 7) is 8.59. The molecular weight excluding hydrogens is 198 g/mol. The number of nitrogens with one attached hydrogen (secondary N) is 2. The molecular formula is C13H27N3. The molecule has 0 radical (unpaired) electrons. The molecule has 3 nitrogen and oxygen atoms in total. The van der Waals surface area contributed by atoms with Gasteiger partial charge < -0.3 is 15.5 Å². The normalized spacial score (nSPS) is 28.7. The van der Waals surface area contributed by atoms with Gasteiger partial charge in [-0.3, -0.25) is 0 Å². The van der Waals surface area contributed by atoms with E-state index in [0.717, 1.165) is 12.6 Å². The first-order valence-electron chi connectivity index (χ1n) is 7.04. The third kappa shape index (κ3) is 4.04. The van der Waals surface area contributed by atoms with Crippen molar-refractivity contribution in [2.75, 3.05) is 32.7 Å². The van der Waals surface area contributed by atoms with Crippen LogP contribution in [-0.4, -0.2) is 49.7 Å². The molecule has 0 spiro atoms. The van der Waals surface area contributed by atoms with Crippen LogP contribution in [0.2, 0.25) is 0 Å². The van der Waals surface area contributed by atoms with Gasteiger partial charge in [0.1, 0.15) is 0 Å². The molecule has 2 unspecified atom stereocenters. The van der Waals surface area contributed by atoms with Gasteiger partial charge in [-0.2, -0.15) is 0 Å². The number of hydrogen-bond acceptors (Lipinski definition) is 3. The van der Waals surface area contributed by atoms with E-state index >= 15 is 0 Å². The van der Waals surface area contributed by atoms with E-state index in [1.165, 1.54) is 58.3 Å². The van der Waals surface area contributed by atoms with Gasteiger partial charge in [-0.25, -0.2) is 0 Å². The van der Waals surface area contributed by atoms with E-state index in [9.17, 15) is 0 Å². The van der Waals surface area contributed by atoms with Gasteiger partial charge in [0.25, 0.3) is 0 Å². The lowest BCUT2D eigenvalue weighted by Gasteiger charge is -2.20. The highest BCUT2D eigenvalue weighted by Crippen LogP contribution is 2.11. The van der Waals surface area contributed by atoms with Gasteiger partial charge in [-0.15, -0.1) is 0 Å². The second-order valence-electron chi connectivity index (χ2n) is 5.43. The summed E-state index contributed by atoms with van der Waals surface area (Å²) in [5.74, 6) is 0. The van der Waals surface area contributed by atoms with Crippen LogP contribution in [0.25, 0.3) is 0 Å². The Kier molecular flexibility index (Phi) is 5.07. The van der Waals surface area contributed by atoms with Crippen LogP contribution in [0.3, 0.4) is 0 Å². The van der Waals surface area contributed by atoms with Crippen LogP contribution in [0, 0.1) is 0 Å². The molecule has 2 aliphatic rings. The Hall–Kier alpha value is -0.120. The number of rotatable bonds is 6. The predicted octanol–water partition coefficient (Wildman–Crippen LogP) is 1.20. The minimum atomic E-state index is 0.665. The van der Waals surface area contributed by atoms with Gasteiger partial charge in [-0.1, -0.05) is 0 Å². The summed E-state index contributed by atoms with van der Waals surface area (Å²) in [5, 5.41) is 7.22. The van der Waals surface area contributed by atoms with Crippen molar-refractivity contribution in [1.82, 2.24) is 15.5 Å². The first kappa shape index (κ1) is 12.3. The Labute approximate surface area is 100.0 Å². The maximum absolute atomic E-state index is 3.65. The molecule has 3 heteroatoms. The van der Waals surface area contributed by atoms with Crippen molar-refractivity contribution < 1.29 is 0 Å². The zero-order valence-corrected chi connectivity index (χ0v) is 10.7. The second-order valence-corrected chi connectivity index (χ2v) is 5.43. The van der Waals surface area contributed by atoms with Gasteiger partial charge in [0.05, 0.1) is 0 Å². The summed E-state index contributed by atoms with van der Waals surface area (Å²) >= 11 is 0. The summed E-state index contributed by atoms with van der Waals surface area (Å²) in [4.78, 5) is 2.58. The molecule has 94 valence electrons. The van der Waals surface area contributed by atoms with Crippen LogP contribution in [0.1, 0.15) is 39.0 Å². The Morgan fingerprint density at radius 3 is 2.81 bits per heavy atom. The first-order valence-corrected chi connectivity index (χ1v) is 7.04. The molecule has 0 aliphatic carbocycles. The molecule has 16 heavy (non-hydrogen) atoms. The third-order valence-corrected chi connectivity index (χ3v) is 3.92. The van der Waals surface area contributed by atoms with Crippen molar-refractivity contribution in [1.29, 1.82) is 0 Å². The molecule has 2 heterocycles. The molecule has 0 bridgehead atoms. The smallest absolute Gasteiger partial charge is 0.0107 e. The lowest BCUT2D eigenvalue weighted by molar-refractivity contribution is 0.323. The molecule has 0 aromatic heterocycles. The summed E-state index contributed by atoms with van der Waals surface area (Å²) < 4.78 is 0. The van der Waals surface area contributed by atoms with Crippen molar-refractivity contribution in [3.8, 4) is 0 Å². The minimum Gasteiger partial charge on any atom is -0.314 e. The molecule has 0 aromatic rings. The molecule has 2 atom stereocenters. The molecule has 0 aromatic carbocycles. The van der Waals surface area contributed by atoms with E-state index in [4.69, 9.17) is 0 Å². The fourth-order valence-corrected chi connectivity index (χ4v) is 2.94. The maximum atomic E-state index is 3.65. The SMILES string of the molecule is CC(CC1CCCN1)NCCN1CCCC1. The van der Waals surface area contributed by atoms with E-state index in [1.807, 2.05) is 0 Å². The Morgan fingerprint density at radius 2 is 2.12 bits per heavy atom. The lowest BCUT2D eigenvalue weighted by atomic mass is 10.1.